The fourth-order valence-electron chi connectivity index (χ4n) is 3.03. The zero-order valence-electron chi connectivity index (χ0n) is 17.2. The van der Waals surface area contributed by atoms with Crippen LogP contribution in [0, 0.1) is 24.1 Å². The summed E-state index contributed by atoms with van der Waals surface area (Å²) in [4.78, 5) is 38.7. The lowest BCUT2D eigenvalue weighted by Crippen LogP contribution is -2.45. The number of ether oxygens (including phenoxy) is 1. The van der Waals surface area contributed by atoms with E-state index in [9.17, 15) is 18.8 Å². The molecule has 1 aromatic rings. The van der Waals surface area contributed by atoms with Crippen LogP contribution in [0.25, 0.3) is 0 Å². The second-order valence-electron chi connectivity index (χ2n) is 8.35. The minimum atomic E-state index is -0.994. The van der Waals surface area contributed by atoms with Gasteiger partial charge in [0.05, 0.1) is 5.92 Å². The number of nitrogens with zero attached hydrogens (tertiary/aromatic N) is 1. The number of halogens is 1. The van der Waals surface area contributed by atoms with Crippen molar-refractivity contribution in [1.82, 2.24) is 4.90 Å². The summed E-state index contributed by atoms with van der Waals surface area (Å²) in [6.45, 7) is 9.72. The molecule has 1 aliphatic rings. The van der Waals surface area contributed by atoms with E-state index in [1.165, 1.54) is 13.0 Å². The maximum atomic E-state index is 13.6. The third-order valence-electron chi connectivity index (χ3n) is 4.86. The summed E-state index contributed by atoms with van der Waals surface area (Å²) in [5.41, 5.74) is 0.342. The number of piperidine rings is 1. The number of hydrogen-bond donors (Lipinski definition) is 1. The fourth-order valence-corrected chi connectivity index (χ4v) is 3.03. The predicted octanol–water partition coefficient (Wildman–Crippen LogP) is 3.29. The van der Waals surface area contributed by atoms with E-state index in [0.29, 0.717) is 37.2 Å². The molecule has 1 atom stereocenters. The Balaban J connectivity index is 1.84. The first kappa shape index (κ1) is 21.9. The Morgan fingerprint density at radius 2 is 1.82 bits per heavy atom. The molecule has 0 bridgehead atoms. The van der Waals surface area contributed by atoms with Gasteiger partial charge in [-0.05, 0) is 44.4 Å². The molecule has 154 valence electrons. The zero-order chi connectivity index (χ0) is 21.1. The van der Waals surface area contributed by atoms with Crippen molar-refractivity contribution in [2.75, 3.05) is 18.4 Å². The van der Waals surface area contributed by atoms with Crippen LogP contribution in [0.15, 0.2) is 18.2 Å². The molecule has 0 unspecified atom stereocenters. The Labute approximate surface area is 165 Å². The van der Waals surface area contributed by atoms with Crippen molar-refractivity contribution in [1.29, 1.82) is 0 Å². The number of aryl methyl sites for hydroxylation is 1. The lowest BCUT2D eigenvalue weighted by molar-refractivity contribution is -0.160. The summed E-state index contributed by atoms with van der Waals surface area (Å²) >= 11 is 0. The minimum Gasteiger partial charge on any atom is -0.452 e. The molecular weight excluding hydrogens is 363 g/mol. The molecular formula is C21H29FN2O4. The molecule has 1 N–H and O–H groups in total. The molecule has 7 heteroatoms. The molecule has 0 saturated carbocycles. The average molecular weight is 392 g/mol. The van der Waals surface area contributed by atoms with E-state index in [1.807, 2.05) is 20.8 Å². The standard InChI is InChI=1S/C21H29FN2O4/c1-13-6-7-16(12-17(13)22)23-18(25)14(2)28-19(26)15-8-10-24(11-9-15)20(27)21(3,4)5/h6-7,12,14-15H,8-11H2,1-5H3,(H,23,25)/t14-/m0/s1. The van der Waals surface area contributed by atoms with Crippen LogP contribution >= 0.6 is 0 Å². The van der Waals surface area contributed by atoms with Crippen molar-refractivity contribution >= 4 is 23.5 Å². The van der Waals surface area contributed by atoms with Gasteiger partial charge in [-0.1, -0.05) is 26.8 Å². The molecule has 0 spiro atoms. The van der Waals surface area contributed by atoms with Crippen molar-refractivity contribution in [3.63, 3.8) is 0 Å². The Hall–Kier alpha value is -2.44. The topological polar surface area (TPSA) is 75.7 Å². The summed E-state index contributed by atoms with van der Waals surface area (Å²) < 4.78 is 18.9. The predicted molar refractivity (Wildman–Crippen MR) is 104 cm³/mol. The molecule has 2 amide bonds. The molecule has 0 aromatic heterocycles. The van der Waals surface area contributed by atoms with Crippen LogP contribution in [0.4, 0.5) is 10.1 Å². The zero-order valence-corrected chi connectivity index (χ0v) is 17.2. The second-order valence-corrected chi connectivity index (χ2v) is 8.35. The molecule has 0 radical (unpaired) electrons. The number of benzene rings is 1. The summed E-state index contributed by atoms with van der Waals surface area (Å²) in [5, 5.41) is 2.55. The molecule has 1 aliphatic heterocycles. The van der Waals surface area contributed by atoms with Gasteiger partial charge in [-0.3, -0.25) is 14.4 Å². The van der Waals surface area contributed by atoms with E-state index in [0.717, 1.165) is 0 Å². The first-order valence-electron chi connectivity index (χ1n) is 9.56. The van der Waals surface area contributed by atoms with E-state index >= 15 is 0 Å². The van der Waals surface area contributed by atoms with Gasteiger partial charge in [0, 0.05) is 24.2 Å². The van der Waals surface area contributed by atoms with Gasteiger partial charge in [-0.2, -0.15) is 0 Å². The number of nitrogens with one attached hydrogen (secondary N) is 1. The monoisotopic (exact) mass is 392 g/mol. The molecule has 2 rings (SSSR count). The number of carbonyl (C=O) groups is 3. The molecule has 6 nitrogen and oxygen atoms in total. The van der Waals surface area contributed by atoms with E-state index in [1.54, 1.807) is 24.0 Å². The fraction of sp³-hybridized carbons (Fsp3) is 0.571. The Bertz CT molecular complexity index is 749. The number of carbonyl (C=O) groups excluding carboxylic acids is 3. The summed E-state index contributed by atoms with van der Waals surface area (Å²) in [6.07, 6.45) is 0.0298. The van der Waals surface area contributed by atoms with Crippen LogP contribution in [-0.2, 0) is 19.1 Å². The summed E-state index contributed by atoms with van der Waals surface area (Å²) in [6, 6.07) is 4.38. The average Bonchev–Trinajstić information content (AvgIpc) is 2.63. The Morgan fingerprint density at radius 3 is 2.36 bits per heavy atom. The maximum Gasteiger partial charge on any atom is 0.309 e. The van der Waals surface area contributed by atoms with E-state index in [-0.39, 0.29) is 11.8 Å². The van der Waals surface area contributed by atoms with Gasteiger partial charge in [0.2, 0.25) is 5.91 Å². The van der Waals surface area contributed by atoms with Crippen molar-refractivity contribution in [3.8, 4) is 0 Å². The molecule has 0 aliphatic carbocycles. The van der Waals surface area contributed by atoms with Crippen LogP contribution in [0.5, 0.6) is 0 Å². The van der Waals surface area contributed by atoms with Crippen LogP contribution in [0.3, 0.4) is 0 Å². The smallest absolute Gasteiger partial charge is 0.309 e. The van der Waals surface area contributed by atoms with E-state index in [4.69, 9.17) is 4.74 Å². The normalized spacial score (nSPS) is 16.4. The van der Waals surface area contributed by atoms with Gasteiger partial charge in [0.1, 0.15) is 5.82 Å². The van der Waals surface area contributed by atoms with Crippen molar-refractivity contribution in [2.45, 2.75) is 53.6 Å². The van der Waals surface area contributed by atoms with Gasteiger partial charge in [-0.15, -0.1) is 0 Å². The summed E-state index contributed by atoms with van der Waals surface area (Å²) in [5.74, 6) is -1.65. The highest BCUT2D eigenvalue weighted by Gasteiger charge is 2.33. The third kappa shape index (κ3) is 5.53. The SMILES string of the molecule is Cc1ccc(NC(=O)[C@H](C)OC(=O)C2CCN(C(=O)C(C)(C)C)CC2)cc1F. The van der Waals surface area contributed by atoms with Crippen molar-refractivity contribution < 1.29 is 23.5 Å². The van der Waals surface area contributed by atoms with Gasteiger partial charge in [-0.25, -0.2) is 4.39 Å². The summed E-state index contributed by atoms with van der Waals surface area (Å²) in [7, 11) is 0. The molecule has 1 fully saturated rings. The number of anilines is 1. The Morgan fingerprint density at radius 1 is 1.21 bits per heavy atom. The van der Waals surface area contributed by atoms with Crippen LogP contribution in [0.1, 0.15) is 46.1 Å². The van der Waals surface area contributed by atoms with Gasteiger partial charge >= 0.3 is 5.97 Å². The van der Waals surface area contributed by atoms with Crippen LogP contribution in [0.2, 0.25) is 0 Å². The van der Waals surface area contributed by atoms with E-state index < -0.39 is 29.2 Å². The first-order chi connectivity index (χ1) is 13.0. The highest BCUT2D eigenvalue weighted by atomic mass is 19.1. The van der Waals surface area contributed by atoms with Crippen LogP contribution < -0.4 is 5.32 Å². The minimum absolute atomic E-state index is 0.0670. The first-order valence-corrected chi connectivity index (χ1v) is 9.56. The maximum absolute atomic E-state index is 13.6. The largest absolute Gasteiger partial charge is 0.452 e. The lowest BCUT2D eigenvalue weighted by atomic mass is 9.91. The van der Waals surface area contributed by atoms with Gasteiger partial charge < -0.3 is 15.0 Å². The highest BCUT2D eigenvalue weighted by Crippen LogP contribution is 2.24. The number of hydrogen-bond acceptors (Lipinski definition) is 4. The second kappa shape index (κ2) is 8.71. The van der Waals surface area contributed by atoms with Gasteiger partial charge in [0.15, 0.2) is 6.10 Å². The van der Waals surface area contributed by atoms with Crippen molar-refractivity contribution in [3.05, 3.63) is 29.6 Å². The molecule has 1 heterocycles. The highest BCUT2D eigenvalue weighted by molar-refractivity contribution is 5.95. The van der Waals surface area contributed by atoms with Gasteiger partial charge in [0.25, 0.3) is 5.91 Å². The van der Waals surface area contributed by atoms with Crippen molar-refractivity contribution in [2.24, 2.45) is 11.3 Å². The molecule has 1 aromatic carbocycles. The number of amides is 2. The Kier molecular flexibility index (Phi) is 6.80. The number of esters is 1. The lowest BCUT2D eigenvalue weighted by Gasteiger charge is -2.35. The molecule has 1 saturated heterocycles. The third-order valence-corrected chi connectivity index (χ3v) is 4.86. The van der Waals surface area contributed by atoms with Crippen LogP contribution in [-0.4, -0.2) is 41.9 Å². The number of likely N-dealkylation sites (tertiary alicyclic amines) is 1. The molecule has 28 heavy (non-hydrogen) atoms. The van der Waals surface area contributed by atoms with E-state index in [2.05, 4.69) is 5.32 Å². The number of rotatable bonds is 4. The quantitative estimate of drug-likeness (QED) is 0.798.